The number of hydrogen-bond donors (Lipinski definition) is 2. The highest BCUT2D eigenvalue weighted by Crippen LogP contribution is 1.93. The molecule has 0 bridgehead atoms. The lowest BCUT2D eigenvalue weighted by atomic mass is 10.2. The van der Waals surface area contributed by atoms with E-state index in [4.69, 9.17) is 0 Å². The highest BCUT2D eigenvalue weighted by atomic mass is 35.5. The zero-order valence-electron chi connectivity index (χ0n) is 10.2. The normalized spacial score (nSPS) is 11.5. The third-order valence-electron chi connectivity index (χ3n) is 2.43. The number of carbonyl (C=O) groups excluding carboxylic acids is 1. The van der Waals surface area contributed by atoms with Gasteiger partial charge in [0.15, 0.2) is 0 Å². The van der Waals surface area contributed by atoms with Gasteiger partial charge in [0.2, 0.25) is 0 Å². The Bertz CT molecular complexity index is 431. The van der Waals surface area contributed by atoms with E-state index in [0.717, 1.165) is 0 Å². The van der Waals surface area contributed by atoms with E-state index in [1.54, 1.807) is 19.3 Å². The number of nitrogens with one attached hydrogen (secondary N) is 2. The summed E-state index contributed by atoms with van der Waals surface area (Å²) in [5.74, 6) is -0.222. The molecule has 0 aliphatic carbocycles. The van der Waals surface area contributed by atoms with Crippen molar-refractivity contribution in [2.75, 3.05) is 13.6 Å². The monoisotopic (exact) mass is 259 g/mol. The van der Waals surface area contributed by atoms with Gasteiger partial charge in [-0.2, -0.15) is 0 Å². The lowest BCUT2D eigenvalue weighted by Crippen LogP contribution is -2.37. The van der Waals surface area contributed by atoms with Gasteiger partial charge in [-0.15, -0.1) is 12.4 Å². The molecule has 1 unspecified atom stereocenters. The number of carbonyl (C=O) groups is 1. The summed E-state index contributed by atoms with van der Waals surface area (Å²) in [7, 11) is 3.47. The first kappa shape index (κ1) is 15.7. The number of nitrogens with zero attached hydrogens (tertiary/aromatic N) is 1. The maximum absolute atomic E-state index is 11.6. The molecular weight excluding hydrogens is 242 g/mol. The minimum Gasteiger partial charge on any atom is -0.350 e. The second-order valence-corrected chi connectivity index (χ2v) is 3.76. The van der Waals surface area contributed by atoms with Gasteiger partial charge in [0, 0.05) is 37.5 Å². The summed E-state index contributed by atoms with van der Waals surface area (Å²) in [4.78, 5) is 23.0. The van der Waals surface area contributed by atoms with E-state index in [0.29, 0.717) is 12.1 Å². The summed E-state index contributed by atoms with van der Waals surface area (Å²) in [6.07, 6.45) is 1.58. The van der Waals surface area contributed by atoms with Gasteiger partial charge < -0.3 is 15.2 Å². The van der Waals surface area contributed by atoms with Crippen LogP contribution < -0.4 is 16.2 Å². The third kappa shape index (κ3) is 4.58. The molecule has 0 aromatic carbocycles. The molecule has 1 rings (SSSR count). The molecule has 0 spiro atoms. The van der Waals surface area contributed by atoms with E-state index in [-0.39, 0.29) is 29.9 Å². The van der Waals surface area contributed by atoms with Crippen molar-refractivity contribution in [2.45, 2.75) is 13.0 Å². The molecular formula is C11H18ClN3O2. The minimum absolute atomic E-state index is 0. The van der Waals surface area contributed by atoms with Crippen LogP contribution in [0.25, 0.3) is 0 Å². The van der Waals surface area contributed by atoms with Gasteiger partial charge in [0.05, 0.1) is 0 Å². The quantitative estimate of drug-likeness (QED) is 0.809. The van der Waals surface area contributed by atoms with Gasteiger partial charge in [0.25, 0.3) is 11.5 Å². The minimum atomic E-state index is -0.222. The van der Waals surface area contributed by atoms with Crippen LogP contribution in [0, 0.1) is 0 Å². The lowest BCUT2D eigenvalue weighted by molar-refractivity contribution is 0.0950. The van der Waals surface area contributed by atoms with Crippen molar-refractivity contribution in [1.29, 1.82) is 0 Å². The number of aromatic nitrogens is 1. The van der Waals surface area contributed by atoms with Crippen LogP contribution >= 0.6 is 12.4 Å². The number of aryl methyl sites for hydroxylation is 1. The fourth-order valence-corrected chi connectivity index (χ4v) is 1.14. The number of hydrogen-bond acceptors (Lipinski definition) is 3. The summed E-state index contributed by atoms with van der Waals surface area (Å²) in [6, 6.07) is 3.16. The van der Waals surface area contributed by atoms with Gasteiger partial charge >= 0.3 is 0 Å². The summed E-state index contributed by atoms with van der Waals surface area (Å²) in [5.41, 5.74) is 0.209. The van der Waals surface area contributed by atoms with Crippen molar-refractivity contribution in [1.82, 2.24) is 15.2 Å². The molecule has 6 heteroatoms. The second kappa shape index (κ2) is 7.09. The molecule has 17 heavy (non-hydrogen) atoms. The first-order chi connectivity index (χ1) is 7.54. The van der Waals surface area contributed by atoms with Crippen LogP contribution in [0.3, 0.4) is 0 Å². The fraction of sp³-hybridized carbons (Fsp3) is 0.455. The van der Waals surface area contributed by atoms with E-state index >= 15 is 0 Å². The van der Waals surface area contributed by atoms with Crippen molar-refractivity contribution in [3.8, 4) is 0 Å². The average Bonchev–Trinajstić information content (AvgIpc) is 2.29. The topological polar surface area (TPSA) is 63.1 Å². The number of rotatable bonds is 4. The SMILES string of the molecule is CNC(C)CNC(=O)c1ccn(C)c(=O)c1.Cl. The van der Waals surface area contributed by atoms with E-state index < -0.39 is 0 Å². The highest BCUT2D eigenvalue weighted by molar-refractivity contribution is 5.93. The Morgan fingerprint density at radius 1 is 1.53 bits per heavy atom. The van der Waals surface area contributed by atoms with Gasteiger partial charge in [0.1, 0.15) is 0 Å². The first-order valence-electron chi connectivity index (χ1n) is 5.16. The Kier molecular flexibility index (Phi) is 6.53. The summed E-state index contributed by atoms with van der Waals surface area (Å²) >= 11 is 0. The number of amides is 1. The number of likely N-dealkylation sites (N-methyl/N-ethyl adjacent to an activating group) is 1. The van der Waals surface area contributed by atoms with Gasteiger partial charge in [-0.1, -0.05) is 0 Å². The molecule has 2 N–H and O–H groups in total. The Labute approximate surface area is 107 Å². The molecule has 0 aliphatic rings. The van der Waals surface area contributed by atoms with Crippen molar-refractivity contribution in [3.63, 3.8) is 0 Å². The molecule has 1 atom stereocenters. The van der Waals surface area contributed by atoms with E-state index in [1.165, 1.54) is 10.6 Å². The Balaban J connectivity index is 0.00000256. The molecule has 0 fully saturated rings. The fourth-order valence-electron chi connectivity index (χ4n) is 1.14. The lowest BCUT2D eigenvalue weighted by Gasteiger charge is -2.11. The predicted molar refractivity (Wildman–Crippen MR) is 69.8 cm³/mol. The van der Waals surface area contributed by atoms with E-state index in [1.807, 2.05) is 14.0 Å². The number of halogens is 1. The zero-order chi connectivity index (χ0) is 12.1. The van der Waals surface area contributed by atoms with Crippen molar-refractivity contribution >= 4 is 18.3 Å². The smallest absolute Gasteiger partial charge is 0.251 e. The van der Waals surface area contributed by atoms with Gasteiger partial charge in [-0.05, 0) is 20.0 Å². The molecule has 1 aromatic heterocycles. The van der Waals surface area contributed by atoms with E-state index in [2.05, 4.69) is 10.6 Å². The van der Waals surface area contributed by atoms with Crippen LogP contribution in [0.5, 0.6) is 0 Å². The molecule has 1 amide bonds. The summed E-state index contributed by atoms with van der Waals surface area (Å²) in [5, 5.41) is 5.76. The van der Waals surface area contributed by atoms with Crippen molar-refractivity contribution in [2.24, 2.45) is 7.05 Å². The molecule has 1 aromatic rings. The van der Waals surface area contributed by atoms with Crippen molar-refractivity contribution in [3.05, 3.63) is 34.2 Å². The average molecular weight is 260 g/mol. The molecule has 5 nitrogen and oxygen atoms in total. The van der Waals surface area contributed by atoms with Crippen LogP contribution in [0.15, 0.2) is 23.1 Å². The standard InChI is InChI=1S/C11H17N3O2.ClH/c1-8(12-2)7-13-11(16)9-4-5-14(3)10(15)6-9;/h4-6,8,12H,7H2,1-3H3,(H,13,16);1H. The Morgan fingerprint density at radius 2 is 2.18 bits per heavy atom. The van der Waals surface area contributed by atoms with Gasteiger partial charge in [-0.25, -0.2) is 0 Å². The van der Waals surface area contributed by atoms with E-state index in [9.17, 15) is 9.59 Å². The van der Waals surface area contributed by atoms with Crippen LogP contribution in [0.1, 0.15) is 17.3 Å². The van der Waals surface area contributed by atoms with Crippen molar-refractivity contribution < 1.29 is 4.79 Å². The molecule has 0 aliphatic heterocycles. The maximum atomic E-state index is 11.6. The third-order valence-corrected chi connectivity index (χ3v) is 2.43. The summed E-state index contributed by atoms with van der Waals surface area (Å²) < 4.78 is 1.42. The van der Waals surface area contributed by atoms with Crippen LogP contribution in [0.4, 0.5) is 0 Å². The second-order valence-electron chi connectivity index (χ2n) is 3.76. The summed E-state index contributed by atoms with van der Waals surface area (Å²) in [6.45, 7) is 2.49. The molecule has 0 radical (unpaired) electrons. The zero-order valence-corrected chi connectivity index (χ0v) is 11.0. The molecule has 0 saturated carbocycles. The maximum Gasteiger partial charge on any atom is 0.251 e. The largest absolute Gasteiger partial charge is 0.350 e. The molecule has 0 saturated heterocycles. The predicted octanol–water partition coefficient (Wildman–Crippen LogP) is 0.145. The van der Waals surface area contributed by atoms with Crippen LogP contribution in [-0.4, -0.2) is 30.1 Å². The Hall–Kier alpha value is -1.33. The van der Waals surface area contributed by atoms with Crippen LogP contribution in [0.2, 0.25) is 0 Å². The Morgan fingerprint density at radius 3 is 2.71 bits per heavy atom. The van der Waals surface area contributed by atoms with Gasteiger partial charge in [-0.3, -0.25) is 9.59 Å². The highest BCUT2D eigenvalue weighted by Gasteiger charge is 2.07. The first-order valence-corrected chi connectivity index (χ1v) is 5.16. The molecule has 96 valence electrons. The van der Waals surface area contributed by atoms with Crippen LogP contribution in [-0.2, 0) is 7.05 Å². The molecule has 1 heterocycles. The number of pyridine rings is 1.